The van der Waals surface area contributed by atoms with E-state index in [0.717, 1.165) is 66.4 Å². The predicted octanol–water partition coefficient (Wildman–Crippen LogP) is 5.22. The average molecular weight is 567 g/mol. The number of likely N-dealkylation sites (tertiary alicyclic amines) is 1. The summed E-state index contributed by atoms with van der Waals surface area (Å²) < 4.78 is 52.8. The molecule has 4 aromatic rings. The highest BCUT2D eigenvalue weighted by Crippen LogP contribution is 2.37. The minimum atomic E-state index is -4.62. The summed E-state index contributed by atoms with van der Waals surface area (Å²) in [7, 11) is 3.54. The van der Waals surface area contributed by atoms with Gasteiger partial charge in [-0.3, -0.25) is 13.9 Å². The third-order valence-corrected chi connectivity index (χ3v) is 8.24. The highest BCUT2D eigenvalue weighted by atomic mass is 19.4. The molecule has 0 spiro atoms. The molecule has 1 aliphatic carbocycles. The predicted molar refractivity (Wildman–Crippen MR) is 149 cm³/mol. The summed E-state index contributed by atoms with van der Waals surface area (Å²) in [5, 5.41) is 8.34. The fourth-order valence-electron chi connectivity index (χ4n) is 5.93. The number of alkyl halides is 3. The van der Waals surface area contributed by atoms with Crippen LogP contribution in [-0.2, 0) is 24.5 Å². The molecule has 3 aromatic heterocycles. The molecule has 41 heavy (non-hydrogen) atoms. The molecule has 6 rings (SSSR count). The summed E-state index contributed by atoms with van der Waals surface area (Å²) in [6.45, 7) is 1.72. The van der Waals surface area contributed by atoms with Gasteiger partial charge in [-0.25, -0.2) is 4.79 Å². The first kappa shape index (κ1) is 27.5. The molecule has 4 heterocycles. The van der Waals surface area contributed by atoms with Crippen LogP contribution in [0.4, 0.5) is 13.2 Å². The Bertz CT molecular complexity index is 1660. The van der Waals surface area contributed by atoms with Crippen molar-refractivity contribution >= 4 is 11.1 Å². The Morgan fingerprint density at radius 3 is 2.63 bits per heavy atom. The molecule has 1 aromatic carbocycles. The zero-order valence-electron chi connectivity index (χ0n) is 23.2. The van der Waals surface area contributed by atoms with E-state index in [0.29, 0.717) is 24.3 Å². The van der Waals surface area contributed by atoms with Crippen molar-refractivity contribution < 1.29 is 17.9 Å². The van der Waals surface area contributed by atoms with Crippen LogP contribution in [0.3, 0.4) is 0 Å². The number of aryl methyl sites for hydroxylation is 1. The molecule has 0 radical (unpaired) electrons. The molecule has 1 aliphatic heterocycles. The van der Waals surface area contributed by atoms with Crippen molar-refractivity contribution in [3.63, 3.8) is 0 Å². The number of aromatic nitrogens is 5. The number of benzene rings is 1. The van der Waals surface area contributed by atoms with Gasteiger partial charge < -0.3 is 9.30 Å². The zero-order chi connectivity index (χ0) is 28.7. The Balaban J connectivity index is 1.42. The number of halogens is 3. The van der Waals surface area contributed by atoms with Crippen molar-refractivity contribution in [2.24, 2.45) is 7.05 Å². The summed E-state index contributed by atoms with van der Waals surface area (Å²) in [6.07, 6.45) is 5.77. The van der Waals surface area contributed by atoms with E-state index in [2.05, 4.69) is 15.1 Å². The summed E-state index contributed by atoms with van der Waals surface area (Å²) in [4.78, 5) is 15.8. The van der Waals surface area contributed by atoms with Gasteiger partial charge in [0.2, 0.25) is 0 Å². The lowest BCUT2D eigenvalue weighted by Crippen LogP contribution is -2.32. The number of ether oxygens (including phenoxy) is 1. The summed E-state index contributed by atoms with van der Waals surface area (Å²) in [5.41, 5.74) is 2.44. The lowest BCUT2D eigenvalue weighted by Gasteiger charge is -2.24. The summed E-state index contributed by atoms with van der Waals surface area (Å²) >= 11 is 0. The van der Waals surface area contributed by atoms with Gasteiger partial charge in [0.25, 0.3) is 0 Å². The van der Waals surface area contributed by atoms with E-state index in [4.69, 9.17) is 4.74 Å². The third-order valence-electron chi connectivity index (χ3n) is 8.24. The molecule has 0 N–H and O–H groups in total. The van der Waals surface area contributed by atoms with Crippen molar-refractivity contribution in [3.8, 4) is 5.69 Å². The van der Waals surface area contributed by atoms with Crippen molar-refractivity contribution in [3.05, 3.63) is 87.6 Å². The van der Waals surface area contributed by atoms with Gasteiger partial charge in [-0.2, -0.15) is 13.2 Å². The highest BCUT2D eigenvalue weighted by molar-refractivity contribution is 5.80. The van der Waals surface area contributed by atoms with Gasteiger partial charge in [0.15, 0.2) is 5.82 Å². The Morgan fingerprint density at radius 1 is 1.12 bits per heavy atom. The van der Waals surface area contributed by atoms with Crippen LogP contribution in [0.5, 0.6) is 0 Å². The Kier molecular flexibility index (Phi) is 7.33. The minimum absolute atomic E-state index is 0.0424. The van der Waals surface area contributed by atoms with Crippen LogP contribution in [0.1, 0.15) is 61.0 Å². The maximum atomic E-state index is 14.3. The standard InChI is InChI=1S/C30H33F3N6O2/c1-36-19-34-35-28(36)27(21-7-5-8-21)22-9-6-10-23(14-22)38-18-26-25(30(31,32)33)13-20(16-39(26)29(38)40)15-37-12-4-3-11-24(17-37)41-2/h6,9-10,13-14,16,18-19,24H,3-5,7-8,11-12,15,17H2,1-2H3/t24-/m1/s1. The maximum Gasteiger partial charge on any atom is 0.418 e. The monoisotopic (exact) mass is 566 g/mol. The van der Waals surface area contributed by atoms with Gasteiger partial charge in [-0.05, 0) is 74.4 Å². The van der Waals surface area contributed by atoms with E-state index in [1.165, 1.54) is 22.4 Å². The molecule has 1 saturated carbocycles. The second kappa shape index (κ2) is 10.9. The van der Waals surface area contributed by atoms with E-state index in [1.54, 1.807) is 25.7 Å². The van der Waals surface area contributed by atoms with E-state index in [9.17, 15) is 18.0 Å². The van der Waals surface area contributed by atoms with Crippen LogP contribution in [0, 0.1) is 0 Å². The molecular weight excluding hydrogens is 533 g/mol. The van der Waals surface area contributed by atoms with E-state index < -0.39 is 17.4 Å². The number of pyridine rings is 1. The second-order valence-electron chi connectivity index (χ2n) is 11.0. The molecule has 0 bridgehead atoms. The summed E-state index contributed by atoms with van der Waals surface area (Å²) in [5.74, 6) is 0.722. The first-order chi connectivity index (χ1) is 19.7. The van der Waals surface area contributed by atoms with Crippen LogP contribution >= 0.6 is 0 Å². The SMILES string of the molecule is CO[C@@H]1CCCCN(Cc2cc(C(F)(F)F)c3cn(-c4cccc(C(=C5CCC5)c5nncn5C)c4)c(=O)n3c2)C1. The van der Waals surface area contributed by atoms with Gasteiger partial charge in [0, 0.05) is 45.2 Å². The topological polar surface area (TPSA) is 69.6 Å². The van der Waals surface area contributed by atoms with E-state index in [1.807, 2.05) is 29.8 Å². The number of nitrogens with zero attached hydrogens (tertiary/aromatic N) is 6. The molecule has 11 heteroatoms. The fourth-order valence-corrected chi connectivity index (χ4v) is 5.93. The van der Waals surface area contributed by atoms with Crippen molar-refractivity contribution in [1.29, 1.82) is 0 Å². The van der Waals surface area contributed by atoms with Gasteiger partial charge in [0.1, 0.15) is 6.33 Å². The number of hydrogen-bond donors (Lipinski definition) is 0. The average Bonchev–Trinajstić information content (AvgIpc) is 3.40. The molecule has 2 fully saturated rings. The molecular formula is C30H33F3N6O2. The first-order valence-electron chi connectivity index (χ1n) is 14.0. The smallest absolute Gasteiger partial charge is 0.380 e. The van der Waals surface area contributed by atoms with Crippen molar-refractivity contribution in [2.45, 2.75) is 57.3 Å². The number of hydrogen-bond acceptors (Lipinski definition) is 5. The molecule has 1 atom stereocenters. The van der Waals surface area contributed by atoms with Crippen molar-refractivity contribution in [2.75, 3.05) is 20.2 Å². The first-order valence-corrected chi connectivity index (χ1v) is 14.0. The number of allylic oxidation sites excluding steroid dienone is 1. The number of imidazole rings is 1. The maximum absolute atomic E-state index is 14.3. The van der Waals surface area contributed by atoms with Crippen molar-refractivity contribution in [1.82, 2.24) is 28.6 Å². The largest absolute Gasteiger partial charge is 0.418 e. The van der Waals surface area contributed by atoms with Crippen LogP contribution < -0.4 is 5.69 Å². The Hall–Kier alpha value is -3.70. The minimum Gasteiger partial charge on any atom is -0.380 e. The number of fused-ring (bicyclic) bond motifs is 1. The van der Waals surface area contributed by atoms with E-state index >= 15 is 0 Å². The molecule has 2 aliphatic rings. The molecule has 216 valence electrons. The fraction of sp³-hybridized carbons (Fsp3) is 0.433. The quantitative estimate of drug-likeness (QED) is 0.320. The Morgan fingerprint density at radius 2 is 1.95 bits per heavy atom. The second-order valence-corrected chi connectivity index (χ2v) is 11.0. The van der Waals surface area contributed by atoms with Crippen LogP contribution in [0.25, 0.3) is 16.8 Å². The number of methoxy groups -OCH3 is 1. The molecule has 0 unspecified atom stereocenters. The van der Waals surface area contributed by atoms with Gasteiger partial charge >= 0.3 is 11.9 Å². The van der Waals surface area contributed by atoms with Crippen LogP contribution in [0.2, 0.25) is 0 Å². The summed E-state index contributed by atoms with van der Waals surface area (Å²) in [6, 6.07) is 8.51. The van der Waals surface area contributed by atoms with Gasteiger partial charge in [-0.1, -0.05) is 17.7 Å². The van der Waals surface area contributed by atoms with Gasteiger partial charge in [0.05, 0.1) is 22.9 Å². The van der Waals surface area contributed by atoms with Gasteiger partial charge in [-0.15, -0.1) is 10.2 Å². The molecule has 8 nitrogen and oxygen atoms in total. The third kappa shape index (κ3) is 5.36. The lowest BCUT2D eigenvalue weighted by molar-refractivity contribution is -0.136. The van der Waals surface area contributed by atoms with Crippen LogP contribution in [-0.4, -0.2) is 54.9 Å². The normalized spacial score (nSPS) is 18.5. The highest BCUT2D eigenvalue weighted by Gasteiger charge is 2.35. The Labute approximate surface area is 235 Å². The molecule has 1 saturated heterocycles. The molecule has 0 amide bonds. The zero-order valence-corrected chi connectivity index (χ0v) is 23.2. The van der Waals surface area contributed by atoms with Crippen LogP contribution in [0.15, 0.2) is 59.4 Å². The van der Waals surface area contributed by atoms with E-state index in [-0.39, 0.29) is 11.6 Å². The number of rotatable bonds is 6. The lowest BCUT2D eigenvalue weighted by atomic mass is 9.84.